The Balaban J connectivity index is 2.06. The van der Waals surface area contributed by atoms with Gasteiger partial charge in [0.2, 0.25) is 10.0 Å². The lowest BCUT2D eigenvalue weighted by atomic mass is 10.2. The molecule has 23 heavy (non-hydrogen) atoms. The number of benzene rings is 1. The van der Waals surface area contributed by atoms with Crippen LogP contribution in [0.4, 0.5) is 0 Å². The molecule has 0 aliphatic heterocycles. The van der Waals surface area contributed by atoms with Crippen LogP contribution in [-0.2, 0) is 21.3 Å². The van der Waals surface area contributed by atoms with E-state index in [1.54, 1.807) is 18.2 Å². The molecule has 0 radical (unpaired) electrons. The van der Waals surface area contributed by atoms with Crippen LogP contribution in [0.25, 0.3) is 0 Å². The molecule has 2 aromatic rings. The molecular weight excluding hydrogens is 320 g/mol. The second-order valence-corrected chi connectivity index (χ2v) is 6.37. The molecule has 0 fully saturated rings. The van der Waals surface area contributed by atoms with E-state index in [4.69, 9.17) is 14.4 Å². The van der Waals surface area contributed by atoms with Crippen LogP contribution < -0.4 is 4.72 Å². The number of esters is 1. The lowest BCUT2D eigenvalue weighted by Crippen LogP contribution is -2.23. The zero-order valence-electron chi connectivity index (χ0n) is 12.2. The summed E-state index contributed by atoms with van der Waals surface area (Å²) in [6.45, 7) is 1.47. The van der Waals surface area contributed by atoms with Gasteiger partial charge in [-0.1, -0.05) is 0 Å². The van der Waals surface area contributed by atoms with Gasteiger partial charge in [0.15, 0.2) is 6.10 Å². The van der Waals surface area contributed by atoms with E-state index in [0.717, 1.165) is 0 Å². The fourth-order valence-electron chi connectivity index (χ4n) is 1.69. The lowest BCUT2D eigenvalue weighted by Gasteiger charge is -2.08. The first kappa shape index (κ1) is 16.7. The number of furan rings is 1. The van der Waals surface area contributed by atoms with Crippen LogP contribution in [0.1, 0.15) is 23.0 Å². The minimum atomic E-state index is -3.72. The van der Waals surface area contributed by atoms with Gasteiger partial charge in [0.25, 0.3) is 0 Å². The van der Waals surface area contributed by atoms with Crippen molar-refractivity contribution in [1.82, 2.24) is 4.72 Å². The number of ether oxygens (including phenoxy) is 1. The first-order chi connectivity index (χ1) is 10.9. The first-order valence-electron chi connectivity index (χ1n) is 6.65. The van der Waals surface area contributed by atoms with Crippen LogP contribution >= 0.6 is 0 Å². The number of sulfonamides is 1. The van der Waals surface area contributed by atoms with E-state index in [9.17, 15) is 13.2 Å². The van der Waals surface area contributed by atoms with E-state index < -0.39 is 22.1 Å². The normalized spacial score (nSPS) is 12.3. The van der Waals surface area contributed by atoms with Crippen LogP contribution in [0.15, 0.2) is 52.0 Å². The van der Waals surface area contributed by atoms with Gasteiger partial charge in [0, 0.05) is 0 Å². The van der Waals surface area contributed by atoms with Gasteiger partial charge in [-0.15, -0.1) is 0 Å². The number of hydrogen-bond donors (Lipinski definition) is 1. The highest BCUT2D eigenvalue weighted by Crippen LogP contribution is 2.13. The molecule has 0 spiro atoms. The van der Waals surface area contributed by atoms with Crippen molar-refractivity contribution in [1.29, 1.82) is 5.26 Å². The molecule has 1 N–H and O–H groups in total. The number of carbonyl (C=O) groups is 1. The summed E-state index contributed by atoms with van der Waals surface area (Å²) in [7, 11) is -3.72. The zero-order chi connectivity index (χ0) is 16.9. The van der Waals surface area contributed by atoms with Crippen molar-refractivity contribution in [3.63, 3.8) is 0 Å². The summed E-state index contributed by atoms with van der Waals surface area (Å²) in [6, 6.07) is 10.3. The van der Waals surface area contributed by atoms with E-state index >= 15 is 0 Å². The van der Waals surface area contributed by atoms with Gasteiger partial charge in [0.05, 0.1) is 23.3 Å². The van der Waals surface area contributed by atoms with Crippen molar-refractivity contribution < 1.29 is 22.4 Å². The van der Waals surface area contributed by atoms with Gasteiger partial charge in [-0.05, 0) is 43.3 Å². The highest BCUT2D eigenvalue weighted by molar-refractivity contribution is 7.89. The molecule has 1 aromatic heterocycles. The van der Waals surface area contributed by atoms with Gasteiger partial charge in [0.1, 0.15) is 11.8 Å². The molecule has 0 saturated carbocycles. The summed E-state index contributed by atoms with van der Waals surface area (Å²) >= 11 is 0. The van der Waals surface area contributed by atoms with Gasteiger partial charge >= 0.3 is 5.97 Å². The van der Waals surface area contributed by atoms with E-state index in [0.29, 0.717) is 5.76 Å². The Hall–Kier alpha value is -2.63. The minimum absolute atomic E-state index is 0.00828. The van der Waals surface area contributed by atoms with Crippen molar-refractivity contribution in [3.05, 3.63) is 54.0 Å². The fraction of sp³-hybridized carbons (Fsp3) is 0.200. The molecule has 0 saturated heterocycles. The molecular formula is C15H14N2O5S. The molecule has 1 atom stereocenters. The van der Waals surface area contributed by atoms with Crippen LogP contribution in [0.3, 0.4) is 0 Å². The Morgan fingerprint density at radius 2 is 2.04 bits per heavy atom. The Labute approximate surface area is 133 Å². The van der Waals surface area contributed by atoms with E-state index in [1.807, 2.05) is 0 Å². The third-order valence-electron chi connectivity index (χ3n) is 2.88. The number of carbonyl (C=O) groups excluding carboxylic acids is 1. The van der Waals surface area contributed by atoms with Crippen molar-refractivity contribution in [2.45, 2.75) is 24.5 Å². The molecule has 0 unspecified atom stereocenters. The first-order valence-corrected chi connectivity index (χ1v) is 8.13. The lowest BCUT2D eigenvalue weighted by molar-refractivity contribution is 0.0435. The number of nitrogens with zero attached hydrogens (tertiary/aromatic N) is 1. The second kappa shape index (κ2) is 7.09. The number of hydrogen-bond acceptors (Lipinski definition) is 6. The standard InChI is InChI=1S/C15H14N2O5S/c1-11(9-16)22-15(18)12-4-6-14(7-5-12)23(19,20)17-10-13-3-2-8-21-13/h2-8,11,17H,10H2,1H3/t11-/m1/s1. The second-order valence-electron chi connectivity index (χ2n) is 4.60. The van der Waals surface area contributed by atoms with Crippen LogP contribution in [0, 0.1) is 11.3 Å². The average Bonchev–Trinajstić information content (AvgIpc) is 3.06. The summed E-state index contributed by atoms with van der Waals surface area (Å²) in [5.41, 5.74) is 0.164. The number of nitrogens with one attached hydrogen (secondary N) is 1. The highest BCUT2D eigenvalue weighted by atomic mass is 32.2. The maximum Gasteiger partial charge on any atom is 0.339 e. The topological polar surface area (TPSA) is 109 Å². The molecule has 1 heterocycles. The largest absolute Gasteiger partial charge is 0.468 e. The molecule has 120 valence electrons. The van der Waals surface area contributed by atoms with Gasteiger partial charge in [-0.3, -0.25) is 0 Å². The van der Waals surface area contributed by atoms with E-state index in [-0.39, 0.29) is 17.0 Å². The van der Waals surface area contributed by atoms with Gasteiger partial charge < -0.3 is 9.15 Å². The van der Waals surface area contributed by atoms with Crippen molar-refractivity contribution in [3.8, 4) is 6.07 Å². The Bertz CT molecular complexity index is 805. The maximum atomic E-state index is 12.1. The summed E-state index contributed by atoms with van der Waals surface area (Å²) in [4.78, 5) is 11.7. The molecule has 2 rings (SSSR count). The van der Waals surface area contributed by atoms with Gasteiger partial charge in [-0.25, -0.2) is 17.9 Å². The molecule has 7 nitrogen and oxygen atoms in total. The molecule has 0 amide bonds. The Kier molecular flexibility index (Phi) is 5.16. The summed E-state index contributed by atoms with van der Waals surface area (Å²) < 4.78 is 36.5. The third kappa shape index (κ3) is 4.42. The Morgan fingerprint density at radius 1 is 1.35 bits per heavy atom. The van der Waals surface area contributed by atoms with Crippen LogP contribution in [0.5, 0.6) is 0 Å². The Morgan fingerprint density at radius 3 is 2.61 bits per heavy atom. The van der Waals surface area contributed by atoms with Crippen LogP contribution in [-0.4, -0.2) is 20.5 Å². The van der Waals surface area contributed by atoms with Crippen molar-refractivity contribution >= 4 is 16.0 Å². The zero-order valence-corrected chi connectivity index (χ0v) is 13.0. The van der Waals surface area contributed by atoms with Crippen LogP contribution in [0.2, 0.25) is 0 Å². The average molecular weight is 334 g/mol. The predicted molar refractivity (Wildman–Crippen MR) is 79.7 cm³/mol. The smallest absolute Gasteiger partial charge is 0.339 e. The summed E-state index contributed by atoms with van der Waals surface area (Å²) in [6.07, 6.45) is 0.576. The number of rotatable bonds is 6. The van der Waals surface area contributed by atoms with E-state index in [2.05, 4.69) is 4.72 Å². The molecule has 0 bridgehead atoms. The molecule has 0 aliphatic carbocycles. The monoisotopic (exact) mass is 334 g/mol. The summed E-state index contributed by atoms with van der Waals surface area (Å²) in [5, 5.41) is 8.60. The van der Waals surface area contributed by atoms with Crippen molar-refractivity contribution in [2.75, 3.05) is 0 Å². The SMILES string of the molecule is C[C@H](C#N)OC(=O)c1ccc(S(=O)(=O)NCc2ccco2)cc1. The molecule has 1 aromatic carbocycles. The number of nitriles is 1. The predicted octanol–water partition coefficient (Wildman–Crippen LogP) is 1.83. The molecule has 0 aliphatic rings. The third-order valence-corrected chi connectivity index (χ3v) is 4.30. The quantitative estimate of drug-likeness (QED) is 0.807. The minimum Gasteiger partial charge on any atom is -0.468 e. The van der Waals surface area contributed by atoms with Crippen molar-refractivity contribution in [2.24, 2.45) is 0 Å². The maximum absolute atomic E-state index is 12.1. The molecule has 8 heteroatoms. The highest BCUT2D eigenvalue weighted by Gasteiger charge is 2.16. The van der Waals surface area contributed by atoms with Gasteiger partial charge in [-0.2, -0.15) is 5.26 Å². The van der Waals surface area contributed by atoms with E-state index in [1.165, 1.54) is 37.5 Å². The fourth-order valence-corrected chi connectivity index (χ4v) is 2.68. The summed E-state index contributed by atoms with van der Waals surface area (Å²) in [5.74, 6) is -0.203.